The number of carbonyl (C=O) groups excluding carboxylic acids is 2. The molecule has 2 N–H and O–H groups in total. The second-order valence-electron chi connectivity index (χ2n) is 5.07. The molecule has 1 fully saturated rings. The van der Waals surface area contributed by atoms with Crippen LogP contribution in [0.5, 0.6) is 0 Å². The molecule has 1 aliphatic carbocycles. The number of nitrogens with zero attached hydrogens (tertiary/aromatic N) is 1. The van der Waals surface area contributed by atoms with Crippen molar-refractivity contribution in [2.24, 2.45) is 5.92 Å². The molecule has 1 saturated carbocycles. The maximum absolute atomic E-state index is 12.0. The average molecular weight is 270 g/mol. The first kappa shape index (κ1) is 15.5. The number of carboxylic acid groups (broad SMARTS) is 1. The maximum atomic E-state index is 12.0. The summed E-state index contributed by atoms with van der Waals surface area (Å²) in [6, 6.07) is -0.861. The van der Waals surface area contributed by atoms with E-state index in [1.165, 1.54) is 31.6 Å². The summed E-state index contributed by atoms with van der Waals surface area (Å²) in [6.07, 6.45) is 3.57. The Hall–Kier alpha value is -1.59. The van der Waals surface area contributed by atoms with Gasteiger partial charge in [0.15, 0.2) is 0 Å². The molecule has 6 nitrogen and oxygen atoms in total. The van der Waals surface area contributed by atoms with Crippen LogP contribution in [0.15, 0.2) is 0 Å². The van der Waals surface area contributed by atoms with Crippen LogP contribution < -0.4 is 5.32 Å². The Morgan fingerprint density at radius 3 is 2.47 bits per heavy atom. The smallest absolute Gasteiger partial charge is 0.326 e. The van der Waals surface area contributed by atoms with Crippen molar-refractivity contribution in [3.05, 3.63) is 0 Å². The van der Waals surface area contributed by atoms with Gasteiger partial charge in [-0.25, -0.2) is 4.79 Å². The van der Waals surface area contributed by atoms with Crippen LogP contribution in [-0.2, 0) is 14.4 Å². The van der Waals surface area contributed by atoms with Gasteiger partial charge < -0.3 is 15.3 Å². The van der Waals surface area contributed by atoms with Crippen LogP contribution in [-0.4, -0.2) is 46.9 Å². The van der Waals surface area contributed by atoms with Crippen molar-refractivity contribution in [2.75, 3.05) is 13.1 Å². The van der Waals surface area contributed by atoms with Gasteiger partial charge in [-0.05, 0) is 19.3 Å². The monoisotopic (exact) mass is 270 g/mol. The van der Waals surface area contributed by atoms with E-state index in [-0.39, 0.29) is 24.9 Å². The van der Waals surface area contributed by atoms with Gasteiger partial charge in [0.05, 0.1) is 0 Å². The zero-order valence-corrected chi connectivity index (χ0v) is 11.5. The third-order valence-electron chi connectivity index (χ3n) is 3.34. The molecule has 0 radical (unpaired) electrons. The molecule has 0 heterocycles. The third-order valence-corrected chi connectivity index (χ3v) is 3.34. The largest absolute Gasteiger partial charge is 0.480 e. The van der Waals surface area contributed by atoms with Crippen LogP contribution in [0.2, 0.25) is 0 Å². The maximum Gasteiger partial charge on any atom is 0.326 e. The molecule has 0 aromatic carbocycles. The van der Waals surface area contributed by atoms with E-state index >= 15 is 0 Å². The number of rotatable bonds is 8. The summed E-state index contributed by atoms with van der Waals surface area (Å²) < 4.78 is 0. The first-order chi connectivity index (χ1) is 8.91. The molecule has 0 aromatic rings. The first-order valence-electron chi connectivity index (χ1n) is 6.68. The normalized spacial score (nSPS) is 15.7. The summed E-state index contributed by atoms with van der Waals surface area (Å²) >= 11 is 0. The van der Waals surface area contributed by atoms with Gasteiger partial charge in [-0.2, -0.15) is 0 Å². The van der Waals surface area contributed by atoms with Crippen molar-refractivity contribution in [3.63, 3.8) is 0 Å². The fourth-order valence-corrected chi connectivity index (χ4v) is 1.90. The Morgan fingerprint density at radius 2 is 2.00 bits per heavy atom. The minimum absolute atomic E-state index is 0.146. The van der Waals surface area contributed by atoms with E-state index in [0.29, 0.717) is 12.3 Å². The van der Waals surface area contributed by atoms with E-state index in [2.05, 4.69) is 5.32 Å². The molecule has 0 bridgehead atoms. The minimum Gasteiger partial charge on any atom is -0.480 e. The lowest BCUT2D eigenvalue weighted by atomic mass is 10.1. The lowest BCUT2D eigenvalue weighted by Crippen LogP contribution is -2.46. The third kappa shape index (κ3) is 5.72. The van der Waals surface area contributed by atoms with Crippen molar-refractivity contribution in [1.82, 2.24) is 10.2 Å². The topological polar surface area (TPSA) is 86.7 Å². The molecule has 6 heteroatoms. The summed E-state index contributed by atoms with van der Waals surface area (Å²) in [6.45, 7) is 3.39. The average Bonchev–Trinajstić information content (AvgIpc) is 3.14. The molecule has 1 unspecified atom stereocenters. The summed E-state index contributed by atoms with van der Waals surface area (Å²) in [5, 5.41) is 11.6. The van der Waals surface area contributed by atoms with Crippen LogP contribution in [0, 0.1) is 5.92 Å². The Labute approximate surface area is 113 Å². The first-order valence-corrected chi connectivity index (χ1v) is 6.68. The van der Waals surface area contributed by atoms with E-state index < -0.39 is 12.0 Å². The molecule has 108 valence electrons. The Kier molecular flexibility index (Phi) is 5.79. The molecule has 0 saturated heterocycles. The highest BCUT2D eigenvalue weighted by molar-refractivity contribution is 5.83. The van der Waals surface area contributed by atoms with E-state index in [0.717, 1.165) is 6.42 Å². The predicted octanol–water partition coefficient (Wildman–Crippen LogP) is 0.614. The fraction of sp³-hybridized carbons (Fsp3) is 0.769. The van der Waals surface area contributed by atoms with Crippen molar-refractivity contribution in [2.45, 2.75) is 45.6 Å². The second-order valence-corrected chi connectivity index (χ2v) is 5.07. The summed E-state index contributed by atoms with van der Waals surface area (Å²) in [5.74, 6) is -0.718. The van der Waals surface area contributed by atoms with Gasteiger partial charge >= 0.3 is 5.97 Å². The van der Waals surface area contributed by atoms with E-state index in [1.54, 1.807) is 0 Å². The van der Waals surface area contributed by atoms with E-state index in [4.69, 9.17) is 5.11 Å². The predicted molar refractivity (Wildman–Crippen MR) is 69.5 cm³/mol. The Bertz CT molecular complexity index is 353. The summed E-state index contributed by atoms with van der Waals surface area (Å²) in [5.41, 5.74) is 0. The molecular weight excluding hydrogens is 248 g/mol. The standard InChI is InChI=1S/C13H22N2O4/c1-9(13(18)19)15(8-7-14-10(2)16)12(17)6-5-11-3-4-11/h9,11H,3-8H2,1-2H3,(H,14,16)(H,18,19). The van der Waals surface area contributed by atoms with Crippen LogP contribution >= 0.6 is 0 Å². The van der Waals surface area contributed by atoms with Gasteiger partial charge in [0.1, 0.15) is 6.04 Å². The highest BCUT2D eigenvalue weighted by atomic mass is 16.4. The zero-order valence-electron chi connectivity index (χ0n) is 11.5. The zero-order chi connectivity index (χ0) is 14.4. The molecule has 0 aliphatic heterocycles. The van der Waals surface area contributed by atoms with Gasteiger partial charge in [0, 0.05) is 26.4 Å². The van der Waals surface area contributed by atoms with Crippen molar-refractivity contribution in [3.8, 4) is 0 Å². The molecular formula is C13H22N2O4. The fourth-order valence-electron chi connectivity index (χ4n) is 1.90. The van der Waals surface area contributed by atoms with E-state index in [9.17, 15) is 14.4 Å². The minimum atomic E-state index is -1.03. The van der Waals surface area contributed by atoms with Crippen molar-refractivity contribution >= 4 is 17.8 Å². The lowest BCUT2D eigenvalue weighted by Gasteiger charge is -2.26. The number of carboxylic acids is 1. The van der Waals surface area contributed by atoms with Gasteiger partial charge in [-0.1, -0.05) is 12.8 Å². The molecule has 1 rings (SSSR count). The van der Waals surface area contributed by atoms with Crippen LogP contribution in [0.3, 0.4) is 0 Å². The lowest BCUT2D eigenvalue weighted by molar-refractivity contribution is -0.149. The molecule has 2 amide bonds. The Balaban J connectivity index is 2.48. The number of aliphatic carboxylic acids is 1. The number of hydrogen-bond donors (Lipinski definition) is 2. The van der Waals surface area contributed by atoms with Gasteiger partial charge in [-0.3, -0.25) is 9.59 Å². The molecule has 1 atom stereocenters. The van der Waals surface area contributed by atoms with Crippen molar-refractivity contribution in [1.29, 1.82) is 0 Å². The van der Waals surface area contributed by atoms with Crippen molar-refractivity contribution < 1.29 is 19.5 Å². The summed E-state index contributed by atoms with van der Waals surface area (Å²) in [7, 11) is 0. The molecule has 0 spiro atoms. The number of hydrogen-bond acceptors (Lipinski definition) is 3. The Morgan fingerprint density at radius 1 is 1.37 bits per heavy atom. The number of carbonyl (C=O) groups is 3. The van der Waals surface area contributed by atoms with Crippen LogP contribution in [0.25, 0.3) is 0 Å². The second kappa shape index (κ2) is 7.11. The van der Waals surface area contributed by atoms with E-state index in [1.807, 2.05) is 0 Å². The molecule has 1 aliphatic rings. The number of amides is 2. The van der Waals surface area contributed by atoms with Gasteiger partial charge in [0.25, 0.3) is 0 Å². The van der Waals surface area contributed by atoms with Crippen LogP contribution in [0.4, 0.5) is 0 Å². The summed E-state index contributed by atoms with van der Waals surface area (Å²) in [4.78, 5) is 35.2. The highest BCUT2D eigenvalue weighted by Gasteiger charge is 2.27. The molecule has 19 heavy (non-hydrogen) atoms. The number of nitrogens with one attached hydrogen (secondary N) is 1. The molecule has 0 aromatic heterocycles. The van der Waals surface area contributed by atoms with Crippen LogP contribution in [0.1, 0.15) is 39.5 Å². The van der Waals surface area contributed by atoms with Gasteiger partial charge in [0.2, 0.25) is 11.8 Å². The quantitative estimate of drug-likeness (QED) is 0.676. The highest BCUT2D eigenvalue weighted by Crippen LogP contribution is 2.33. The van der Waals surface area contributed by atoms with Gasteiger partial charge in [-0.15, -0.1) is 0 Å². The SMILES string of the molecule is CC(=O)NCCN(C(=O)CCC1CC1)C(C)C(=O)O.